The number of allylic oxidation sites excluding steroid dienone is 2. The van der Waals surface area contributed by atoms with Crippen LogP contribution in [0.5, 0.6) is 0 Å². The maximum absolute atomic E-state index is 3.36. The van der Waals surface area contributed by atoms with E-state index in [0.717, 1.165) is 23.7 Å². The van der Waals surface area contributed by atoms with Crippen LogP contribution in [0.4, 0.5) is 0 Å². The van der Waals surface area contributed by atoms with Crippen molar-refractivity contribution in [1.29, 1.82) is 0 Å². The van der Waals surface area contributed by atoms with Crippen LogP contribution in [0.3, 0.4) is 0 Å². The van der Waals surface area contributed by atoms with E-state index in [1.54, 1.807) is 0 Å². The molecule has 3 unspecified atom stereocenters. The summed E-state index contributed by atoms with van der Waals surface area (Å²) in [5, 5.41) is 3.36. The summed E-state index contributed by atoms with van der Waals surface area (Å²) < 4.78 is 0. The third-order valence-electron chi connectivity index (χ3n) is 3.92. The van der Waals surface area contributed by atoms with Gasteiger partial charge in [-0.25, -0.2) is 0 Å². The van der Waals surface area contributed by atoms with Gasteiger partial charge in [0.25, 0.3) is 0 Å². The van der Waals surface area contributed by atoms with Crippen molar-refractivity contribution in [3.63, 3.8) is 0 Å². The smallest absolute Gasteiger partial charge is 0.000815 e. The molecule has 1 saturated carbocycles. The van der Waals surface area contributed by atoms with E-state index in [9.17, 15) is 0 Å². The van der Waals surface area contributed by atoms with Gasteiger partial charge in [-0.05, 0) is 56.0 Å². The zero-order valence-electron chi connectivity index (χ0n) is 7.50. The fraction of sp³-hybridized carbons (Fsp3) is 0.818. The second-order valence-electron chi connectivity index (χ2n) is 4.80. The lowest BCUT2D eigenvalue weighted by Crippen LogP contribution is -2.43. The van der Waals surface area contributed by atoms with Gasteiger partial charge in [0.15, 0.2) is 0 Å². The van der Waals surface area contributed by atoms with Gasteiger partial charge in [-0.1, -0.05) is 12.2 Å². The molecule has 2 aliphatic carbocycles. The molecule has 0 radical (unpaired) electrons. The van der Waals surface area contributed by atoms with Crippen LogP contribution in [0.25, 0.3) is 0 Å². The van der Waals surface area contributed by atoms with Crippen LogP contribution < -0.4 is 5.32 Å². The Kier molecular flexibility index (Phi) is 1.54. The largest absolute Gasteiger partial charge is 0.316 e. The van der Waals surface area contributed by atoms with Gasteiger partial charge in [0.1, 0.15) is 0 Å². The molecule has 66 valence electrons. The van der Waals surface area contributed by atoms with Crippen LogP contribution in [0.1, 0.15) is 19.3 Å². The lowest BCUT2D eigenvalue weighted by Gasteiger charge is -2.31. The molecule has 2 bridgehead atoms. The molecule has 1 heterocycles. The second-order valence-corrected chi connectivity index (χ2v) is 4.80. The van der Waals surface area contributed by atoms with Crippen LogP contribution in [-0.2, 0) is 0 Å². The van der Waals surface area contributed by atoms with Gasteiger partial charge in [0, 0.05) is 0 Å². The SMILES string of the molecule is C1=CC2CC1CC2CC1CNC1. The van der Waals surface area contributed by atoms with Gasteiger partial charge < -0.3 is 5.32 Å². The van der Waals surface area contributed by atoms with Crippen molar-refractivity contribution in [2.45, 2.75) is 19.3 Å². The maximum Gasteiger partial charge on any atom is -0.000815 e. The minimum atomic E-state index is 0.966. The standard InChI is InChI=1S/C11H17N/c1-2-10-3-8(1)4-11(10)5-9-6-12-7-9/h1-2,8-12H,3-7H2. The molecule has 1 N–H and O–H groups in total. The molecule has 1 aliphatic heterocycles. The quantitative estimate of drug-likeness (QED) is 0.612. The minimum absolute atomic E-state index is 0.966. The monoisotopic (exact) mass is 163 g/mol. The van der Waals surface area contributed by atoms with E-state index in [2.05, 4.69) is 17.5 Å². The molecular weight excluding hydrogens is 146 g/mol. The van der Waals surface area contributed by atoms with Gasteiger partial charge in [-0.2, -0.15) is 0 Å². The maximum atomic E-state index is 3.36. The third-order valence-corrected chi connectivity index (χ3v) is 3.92. The molecule has 3 rings (SSSR count). The Morgan fingerprint density at radius 1 is 1.17 bits per heavy atom. The van der Waals surface area contributed by atoms with E-state index in [4.69, 9.17) is 0 Å². The van der Waals surface area contributed by atoms with E-state index >= 15 is 0 Å². The predicted octanol–water partition coefficient (Wildman–Crippen LogP) is 1.81. The average molecular weight is 163 g/mol. The van der Waals surface area contributed by atoms with Crippen LogP contribution >= 0.6 is 0 Å². The van der Waals surface area contributed by atoms with E-state index in [1.165, 1.54) is 32.4 Å². The molecule has 2 fully saturated rings. The number of fused-ring (bicyclic) bond motifs is 2. The van der Waals surface area contributed by atoms with Crippen molar-refractivity contribution in [2.75, 3.05) is 13.1 Å². The number of nitrogens with one attached hydrogen (secondary N) is 1. The van der Waals surface area contributed by atoms with Crippen molar-refractivity contribution in [3.8, 4) is 0 Å². The average Bonchev–Trinajstić information content (AvgIpc) is 2.56. The first kappa shape index (κ1) is 7.14. The van der Waals surface area contributed by atoms with E-state index in [0.29, 0.717) is 0 Å². The van der Waals surface area contributed by atoms with Crippen LogP contribution in [-0.4, -0.2) is 13.1 Å². The fourth-order valence-corrected chi connectivity index (χ4v) is 3.11. The highest BCUT2D eigenvalue weighted by atomic mass is 14.9. The summed E-state index contributed by atoms with van der Waals surface area (Å²) in [5.41, 5.74) is 0. The summed E-state index contributed by atoms with van der Waals surface area (Å²) in [7, 11) is 0. The summed E-state index contributed by atoms with van der Waals surface area (Å²) in [6.07, 6.45) is 9.39. The first-order valence-electron chi connectivity index (χ1n) is 5.31. The van der Waals surface area contributed by atoms with Crippen LogP contribution in [0, 0.1) is 23.7 Å². The summed E-state index contributed by atoms with van der Waals surface area (Å²) in [4.78, 5) is 0. The van der Waals surface area contributed by atoms with Crippen LogP contribution in [0.15, 0.2) is 12.2 Å². The molecule has 0 spiro atoms. The molecule has 1 saturated heterocycles. The first-order valence-corrected chi connectivity index (χ1v) is 5.31. The fourth-order valence-electron chi connectivity index (χ4n) is 3.11. The van der Waals surface area contributed by atoms with E-state index in [-0.39, 0.29) is 0 Å². The molecular formula is C11H17N. The Morgan fingerprint density at radius 2 is 2.08 bits per heavy atom. The second kappa shape index (κ2) is 2.59. The van der Waals surface area contributed by atoms with Crippen molar-refractivity contribution in [1.82, 2.24) is 5.32 Å². The molecule has 0 aromatic carbocycles. The zero-order chi connectivity index (χ0) is 7.97. The highest BCUT2D eigenvalue weighted by Crippen LogP contribution is 2.46. The number of hydrogen-bond donors (Lipinski definition) is 1. The Labute approximate surface area is 74.2 Å². The Hall–Kier alpha value is -0.300. The Bertz CT molecular complexity index is 205. The van der Waals surface area contributed by atoms with Gasteiger partial charge in [-0.3, -0.25) is 0 Å². The Balaban J connectivity index is 1.60. The zero-order valence-corrected chi connectivity index (χ0v) is 7.50. The van der Waals surface area contributed by atoms with E-state index in [1.807, 2.05) is 0 Å². The first-order chi connectivity index (χ1) is 5.92. The lowest BCUT2D eigenvalue weighted by atomic mass is 9.83. The molecule has 0 amide bonds. The molecule has 1 heteroatoms. The van der Waals surface area contributed by atoms with Gasteiger partial charge in [-0.15, -0.1) is 0 Å². The van der Waals surface area contributed by atoms with Crippen molar-refractivity contribution in [2.24, 2.45) is 23.7 Å². The molecule has 0 aromatic heterocycles. The van der Waals surface area contributed by atoms with E-state index < -0.39 is 0 Å². The summed E-state index contributed by atoms with van der Waals surface area (Å²) in [6.45, 7) is 2.58. The molecule has 1 nitrogen and oxygen atoms in total. The molecule has 0 aromatic rings. The normalized spacial score (nSPS) is 45.2. The number of hydrogen-bond acceptors (Lipinski definition) is 1. The highest BCUT2D eigenvalue weighted by molar-refractivity contribution is 5.10. The van der Waals surface area contributed by atoms with Gasteiger partial charge in [0.05, 0.1) is 0 Å². The minimum Gasteiger partial charge on any atom is -0.316 e. The number of rotatable bonds is 2. The van der Waals surface area contributed by atoms with Gasteiger partial charge >= 0.3 is 0 Å². The Morgan fingerprint density at radius 3 is 2.58 bits per heavy atom. The van der Waals surface area contributed by atoms with Crippen molar-refractivity contribution < 1.29 is 0 Å². The van der Waals surface area contributed by atoms with Gasteiger partial charge in [0.2, 0.25) is 0 Å². The molecule has 12 heavy (non-hydrogen) atoms. The highest BCUT2D eigenvalue weighted by Gasteiger charge is 2.37. The summed E-state index contributed by atoms with van der Waals surface area (Å²) in [5.74, 6) is 4.00. The molecule has 3 atom stereocenters. The van der Waals surface area contributed by atoms with Crippen LogP contribution in [0.2, 0.25) is 0 Å². The van der Waals surface area contributed by atoms with Crippen molar-refractivity contribution in [3.05, 3.63) is 12.2 Å². The lowest BCUT2D eigenvalue weighted by molar-refractivity contribution is 0.255. The predicted molar refractivity (Wildman–Crippen MR) is 49.8 cm³/mol. The third kappa shape index (κ3) is 1.03. The van der Waals surface area contributed by atoms with Crippen molar-refractivity contribution >= 4 is 0 Å². The topological polar surface area (TPSA) is 12.0 Å². The molecule has 3 aliphatic rings. The summed E-state index contributed by atoms with van der Waals surface area (Å²) >= 11 is 0. The summed E-state index contributed by atoms with van der Waals surface area (Å²) in [6, 6.07) is 0.